The van der Waals surface area contributed by atoms with Crippen molar-refractivity contribution in [3.05, 3.63) is 96.2 Å². The van der Waals surface area contributed by atoms with Gasteiger partial charge in [-0.3, -0.25) is 0 Å². The molecule has 1 aliphatic heterocycles. The largest absolute Gasteiger partial charge is 0.407 e. The standard InChI is InChI=1S/C35H46N2OSi/c1-5-33-32(31-20-12-13-21-34(31)36-33)22-25-37-24-14-15-28(27-37)23-26-38-39(35(2,3)4,29-16-8-6-9-17-29)30-18-10-7-11-19-30/h6-13,16-21,28,36H,5,14-15,22-27H2,1-4H3/t28-/m0/s1. The Labute approximate surface area is 236 Å². The number of likely N-dealkylation sites (tertiary alicyclic amines) is 1. The number of para-hydroxylation sites is 1. The molecule has 4 aromatic rings. The van der Waals surface area contributed by atoms with E-state index >= 15 is 0 Å². The molecule has 0 bridgehead atoms. The van der Waals surface area contributed by atoms with Crippen LogP contribution in [0.5, 0.6) is 0 Å². The van der Waals surface area contributed by atoms with Crippen molar-refractivity contribution >= 4 is 29.6 Å². The van der Waals surface area contributed by atoms with Crippen LogP contribution in [0.4, 0.5) is 0 Å². The summed E-state index contributed by atoms with van der Waals surface area (Å²) < 4.78 is 7.22. The van der Waals surface area contributed by atoms with Gasteiger partial charge in [-0.1, -0.05) is 107 Å². The van der Waals surface area contributed by atoms with E-state index in [0.717, 1.165) is 32.4 Å². The van der Waals surface area contributed by atoms with Gasteiger partial charge in [0.15, 0.2) is 0 Å². The fourth-order valence-corrected chi connectivity index (χ4v) is 11.4. The minimum Gasteiger partial charge on any atom is -0.407 e. The number of aromatic amines is 1. The quantitative estimate of drug-likeness (QED) is 0.221. The molecule has 4 heteroatoms. The first-order chi connectivity index (χ1) is 18.9. The number of aryl methyl sites for hydroxylation is 1. The van der Waals surface area contributed by atoms with Crippen molar-refractivity contribution in [1.82, 2.24) is 9.88 Å². The molecule has 206 valence electrons. The van der Waals surface area contributed by atoms with Crippen molar-refractivity contribution in [2.75, 3.05) is 26.2 Å². The Balaban J connectivity index is 1.26. The number of piperidine rings is 1. The SMILES string of the molecule is CCc1[nH]c2ccccc2c1CCN1CCC[C@@H](CCO[Si](c2ccccc2)(c2ccccc2)C(C)(C)C)C1. The van der Waals surface area contributed by atoms with E-state index in [1.165, 1.54) is 58.5 Å². The normalized spacial score (nSPS) is 17.1. The van der Waals surface area contributed by atoms with Crippen LogP contribution >= 0.6 is 0 Å². The summed E-state index contributed by atoms with van der Waals surface area (Å²) in [6.45, 7) is 13.8. The summed E-state index contributed by atoms with van der Waals surface area (Å²) >= 11 is 0. The van der Waals surface area contributed by atoms with Crippen molar-refractivity contribution in [3.8, 4) is 0 Å². The van der Waals surface area contributed by atoms with E-state index in [0.29, 0.717) is 5.92 Å². The first-order valence-corrected chi connectivity index (χ1v) is 16.9. The lowest BCUT2D eigenvalue weighted by molar-refractivity contribution is 0.152. The number of rotatable bonds is 10. The topological polar surface area (TPSA) is 28.3 Å². The molecule has 3 nitrogen and oxygen atoms in total. The molecule has 0 saturated carbocycles. The summed E-state index contributed by atoms with van der Waals surface area (Å²) in [5.74, 6) is 0.700. The van der Waals surface area contributed by atoms with Crippen LogP contribution in [0.15, 0.2) is 84.9 Å². The van der Waals surface area contributed by atoms with Crippen LogP contribution in [0.2, 0.25) is 5.04 Å². The van der Waals surface area contributed by atoms with E-state index < -0.39 is 8.32 Å². The van der Waals surface area contributed by atoms with Gasteiger partial charge in [0, 0.05) is 36.3 Å². The summed E-state index contributed by atoms with van der Waals surface area (Å²) in [7, 11) is -2.46. The maximum Gasteiger partial charge on any atom is 0.261 e. The fraction of sp³-hybridized carbons (Fsp3) is 0.429. The maximum atomic E-state index is 7.22. The highest BCUT2D eigenvalue weighted by Crippen LogP contribution is 2.37. The van der Waals surface area contributed by atoms with Gasteiger partial charge >= 0.3 is 0 Å². The van der Waals surface area contributed by atoms with Gasteiger partial charge in [0.2, 0.25) is 0 Å². The number of hydrogen-bond acceptors (Lipinski definition) is 2. The Bertz CT molecular complexity index is 1290. The molecule has 0 spiro atoms. The van der Waals surface area contributed by atoms with Crippen LogP contribution in [0, 0.1) is 5.92 Å². The zero-order valence-corrected chi connectivity index (χ0v) is 25.4. The Morgan fingerprint density at radius 1 is 0.897 bits per heavy atom. The molecule has 1 N–H and O–H groups in total. The van der Waals surface area contributed by atoms with E-state index in [1.807, 2.05) is 0 Å². The molecule has 1 saturated heterocycles. The molecule has 0 aliphatic carbocycles. The number of aromatic nitrogens is 1. The zero-order chi connectivity index (χ0) is 27.3. The average molecular weight is 539 g/mol. The van der Waals surface area contributed by atoms with E-state index in [2.05, 4.69) is 123 Å². The second-order valence-corrected chi connectivity index (χ2v) is 16.6. The lowest BCUT2D eigenvalue weighted by Gasteiger charge is -2.43. The summed E-state index contributed by atoms with van der Waals surface area (Å²) in [6.07, 6.45) is 5.92. The Morgan fingerprint density at radius 2 is 1.54 bits per heavy atom. The van der Waals surface area contributed by atoms with Gasteiger partial charge < -0.3 is 14.3 Å². The molecule has 1 aliphatic rings. The molecule has 0 amide bonds. The number of nitrogens with one attached hydrogen (secondary N) is 1. The Hall–Kier alpha value is -2.66. The van der Waals surface area contributed by atoms with Crippen molar-refractivity contribution in [3.63, 3.8) is 0 Å². The molecule has 39 heavy (non-hydrogen) atoms. The molecule has 3 aromatic carbocycles. The minimum absolute atomic E-state index is 0.0324. The van der Waals surface area contributed by atoms with Gasteiger partial charge in [0.05, 0.1) is 0 Å². The Kier molecular flexibility index (Phi) is 8.75. The number of H-pyrrole nitrogens is 1. The predicted molar refractivity (Wildman–Crippen MR) is 169 cm³/mol. The number of fused-ring (bicyclic) bond motifs is 1. The summed E-state index contributed by atoms with van der Waals surface area (Å²) in [4.78, 5) is 6.37. The number of benzene rings is 3. The van der Waals surface area contributed by atoms with Crippen molar-refractivity contribution in [2.45, 2.75) is 64.8 Å². The van der Waals surface area contributed by atoms with Gasteiger partial charge in [0.1, 0.15) is 0 Å². The van der Waals surface area contributed by atoms with Gasteiger partial charge in [0.25, 0.3) is 8.32 Å². The molecular weight excluding hydrogens is 492 g/mol. The summed E-state index contributed by atoms with van der Waals surface area (Å²) in [5.41, 5.74) is 4.20. The second kappa shape index (κ2) is 12.2. The van der Waals surface area contributed by atoms with Crippen molar-refractivity contribution < 1.29 is 4.43 Å². The molecule has 0 unspecified atom stereocenters. The van der Waals surface area contributed by atoms with E-state index in [9.17, 15) is 0 Å². The summed E-state index contributed by atoms with van der Waals surface area (Å²) in [6, 6.07) is 30.9. The first kappa shape index (κ1) is 27.9. The van der Waals surface area contributed by atoms with Crippen LogP contribution in [-0.4, -0.2) is 44.4 Å². The monoisotopic (exact) mass is 538 g/mol. The van der Waals surface area contributed by atoms with E-state index in [1.54, 1.807) is 0 Å². The zero-order valence-electron chi connectivity index (χ0n) is 24.4. The smallest absolute Gasteiger partial charge is 0.261 e. The first-order valence-electron chi connectivity index (χ1n) is 15.0. The van der Waals surface area contributed by atoms with E-state index in [4.69, 9.17) is 4.43 Å². The molecular formula is C35H46N2OSi. The lowest BCUT2D eigenvalue weighted by Crippen LogP contribution is -2.66. The third-order valence-electron chi connectivity index (χ3n) is 8.80. The third-order valence-corrected chi connectivity index (χ3v) is 13.8. The van der Waals surface area contributed by atoms with Crippen LogP contribution in [0.3, 0.4) is 0 Å². The van der Waals surface area contributed by atoms with Crippen molar-refractivity contribution in [1.29, 1.82) is 0 Å². The maximum absolute atomic E-state index is 7.22. The minimum atomic E-state index is -2.46. The molecule has 0 radical (unpaired) electrons. The van der Waals surface area contributed by atoms with Crippen LogP contribution in [0.25, 0.3) is 10.9 Å². The lowest BCUT2D eigenvalue weighted by atomic mass is 9.94. The van der Waals surface area contributed by atoms with Crippen molar-refractivity contribution in [2.24, 2.45) is 5.92 Å². The molecule has 1 atom stereocenters. The molecule has 1 aromatic heterocycles. The third kappa shape index (κ3) is 5.94. The predicted octanol–water partition coefficient (Wildman–Crippen LogP) is 6.95. The fourth-order valence-electron chi connectivity index (χ4n) is 6.84. The second-order valence-electron chi connectivity index (χ2n) is 12.3. The number of nitrogens with zero attached hydrogens (tertiary/aromatic N) is 1. The number of hydrogen-bond donors (Lipinski definition) is 1. The highest BCUT2D eigenvalue weighted by Gasteiger charge is 2.50. The van der Waals surface area contributed by atoms with Gasteiger partial charge in [-0.15, -0.1) is 0 Å². The average Bonchev–Trinajstić information content (AvgIpc) is 3.32. The summed E-state index contributed by atoms with van der Waals surface area (Å²) in [5, 5.41) is 4.19. The van der Waals surface area contributed by atoms with Gasteiger partial charge in [-0.25, -0.2) is 0 Å². The highest BCUT2D eigenvalue weighted by molar-refractivity contribution is 6.99. The van der Waals surface area contributed by atoms with Crippen LogP contribution in [-0.2, 0) is 17.3 Å². The van der Waals surface area contributed by atoms with Crippen LogP contribution < -0.4 is 10.4 Å². The van der Waals surface area contributed by atoms with Crippen LogP contribution in [0.1, 0.15) is 58.2 Å². The Morgan fingerprint density at radius 3 is 2.18 bits per heavy atom. The molecule has 1 fully saturated rings. The molecule has 2 heterocycles. The highest BCUT2D eigenvalue weighted by atomic mass is 28.4. The van der Waals surface area contributed by atoms with Gasteiger partial charge in [-0.2, -0.15) is 0 Å². The van der Waals surface area contributed by atoms with Gasteiger partial charge in [-0.05, 0) is 71.6 Å². The van der Waals surface area contributed by atoms with E-state index in [-0.39, 0.29) is 5.04 Å². The molecule has 5 rings (SSSR count).